The van der Waals surface area contributed by atoms with Gasteiger partial charge in [-0.3, -0.25) is 0 Å². The summed E-state index contributed by atoms with van der Waals surface area (Å²) in [6.45, 7) is 11.1. The fourth-order valence-corrected chi connectivity index (χ4v) is 4.99. The number of unbranched alkanes of at least 4 members (excludes halogenated alkanes) is 4. The molecule has 3 heteroatoms. The second-order valence-corrected chi connectivity index (χ2v) is 11.3. The molecule has 2 nitrogen and oxygen atoms in total. The van der Waals surface area contributed by atoms with Crippen molar-refractivity contribution in [2.75, 3.05) is 0 Å². The van der Waals surface area contributed by atoms with E-state index in [1.54, 1.807) is 0 Å². The summed E-state index contributed by atoms with van der Waals surface area (Å²) in [5.41, 5.74) is 19.3. The molecule has 3 rings (SSSR count). The van der Waals surface area contributed by atoms with Gasteiger partial charge in [0, 0.05) is 22.8 Å². The van der Waals surface area contributed by atoms with E-state index in [1.165, 1.54) is 70.7 Å². The van der Waals surface area contributed by atoms with Crippen LogP contribution in [0, 0.1) is 0 Å². The Morgan fingerprint density at radius 3 is 1.75 bits per heavy atom. The van der Waals surface area contributed by atoms with Crippen LogP contribution in [-0.4, -0.2) is 4.70 Å². The number of hydrogen-bond acceptors (Lipinski definition) is 0. The van der Waals surface area contributed by atoms with Gasteiger partial charge in [0.25, 0.3) is 0 Å². The normalized spacial score (nSPS) is 13.1. The molecule has 0 amide bonds. The molecule has 1 aliphatic heterocycles. The molecule has 0 unspecified atom stereocenters. The molecule has 1 aliphatic rings. The van der Waals surface area contributed by atoms with Crippen LogP contribution in [0.1, 0.15) is 108 Å². The van der Waals surface area contributed by atoms with Gasteiger partial charge in [0.1, 0.15) is 0 Å². The zero-order chi connectivity index (χ0) is 26.2. The molecule has 0 radical (unpaired) electrons. The number of hydrogen-bond donors (Lipinski definition) is 0. The molecule has 0 fully saturated rings. The van der Waals surface area contributed by atoms with Gasteiger partial charge in [0.05, 0.1) is 0 Å². The van der Waals surface area contributed by atoms with E-state index in [4.69, 9.17) is 0 Å². The van der Waals surface area contributed by atoms with E-state index in [2.05, 4.69) is 89.2 Å². The Kier molecular flexibility index (Phi) is 14.7. The third-order valence-corrected chi connectivity index (χ3v) is 7.47. The molecule has 2 aromatic carbocycles. The molecule has 0 spiro atoms. The molecule has 0 atom stereocenters. The van der Waals surface area contributed by atoms with Gasteiger partial charge in [-0.1, -0.05) is 70.7 Å². The van der Waals surface area contributed by atoms with E-state index in [0.717, 1.165) is 48.2 Å². The monoisotopic (exact) mass is 530 g/mol. The van der Waals surface area contributed by atoms with Gasteiger partial charge >= 0.3 is 39.1 Å². The van der Waals surface area contributed by atoms with Gasteiger partial charge in [-0.25, -0.2) is 4.70 Å². The predicted octanol–water partition coefficient (Wildman–Crippen LogP) is 10.7. The van der Waals surface area contributed by atoms with Gasteiger partial charge in [0.15, 0.2) is 0 Å². The Hall–Kier alpha value is -1.99. The minimum absolute atomic E-state index is 0.902. The molecular weight excluding hydrogens is 483 g/mol. The first-order chi connectivity index (χ1) is 17.6. The molecule has 0 saturated heterocycles. The molecule has 0 bridgehead atoms. The maximum atomic E-state index is 11.3. The number of benzene rings is 2. The zero-order valence-corrected chi connectivity index (χ0v) is 24.4. The van der Waals surface area contributed by atoms with Crippen LogP contribution >= 0.6 is 0 Å². The van der Waals surface area contributed by atoms with Gasteiger partial charge in [-0.05, 0) is 73.9 Å². The van der Waals surface area contributed by atoms with E-state index in [9.17, 15) is 5.53 Å². The second kappa shape index (κ2) is 17.5. The Balaban J connectivity index is 0.000000830. The summed E-state index contributed by atoms with van der Waals surface area (Å²) in [6, 6.07) is 17.4. The number of allylic oxidation sites excluding steroid dienone is 2. The van der Waals surface area contributed by atoms with Crippen LogP contribution in [-0.2, 0) is 27.3 Å². The van der Waals surface area contributed by atoms with Crippen molar-refractivity contribution in [3.63, 3.8) is 0 Å². The number of aryl methyl sites for hydroxylation is 2. The first kappa shape index (κ1) is 30.2. The quantitative estimate of drug-likeness (QED) is 0.132. The third kappa shape index (κ3) is 9.47. The van der Waals surface area contributed by atoms with Crippen LogP contribution in [0.3, 0.4) is 0 Å². The van der Waals surface area contributed by atoms with E-state index >= 15 is 0 Å². The van der Waals surface area contributed by atoms with Crippen molar-refractivity contribution in [3.05, 3.63) is 88.0 Å². The summed E-state index contributed by atoms with van der Waals surface area (Å²) in [4.78, 5) is 0. The topological polar surface area (TPSA) is 25.3 Å². The van der Waals surface area contributed by atoms with Gasteiger partial charge < -0.3 is 5.53 Å². The predicted molar refractivity (Wildman–Crippen MR) is 154 cm³/mol. The summed E-state index contributed by atoms with van der Waals surface area (Å²) in [5.74, 6) is 0. The molecule has 0 saturated carbocycles. The van der Waals surface area contributed by atoms with E-state index < -0.39 is 0 Å². The van der Waals surface area contributed by atoms with Crippen molar-refractivity contribution >= 4 is 11.4 Å². The van der Waals surface area contributed by atoms with E-state index in [-0.39, 0.29) is 0 Å². The summed E-state index contributed by atoms with van der Waals surface area (Å²) in [6.07, 6.45) is 13.7. The number of rotatable bonds is 14. The average molecular weight is 531 g/mol. The SMILES string of the molecule is CCCCCC1=C(c2cccc(CCCC)c2)[N+](=[N-])C(c2cccc(CCCC)c2)=C1.C[CH2][Ni][CH2]C. The van der Waals surface area contributed by atoms with Crippen LogP contribution < -0.4 is 0 Å². The first-order valence-electron chi connectivity index (χ1n) is 14.2. The van der Waals surface area contributed by atoms with Crippen molar-refractivity contribution in [2.24, 2.45) is 0 Å². The first-order valence-corrected chi connectivity index (χ1v) is 15.6. The minimum atomic E-state index is 0.902. The van der Waals surface area contributed by atoms with Gasteiger partial charge in [-0.2, -0.15) is 0 Å². The Morgan fingerprint density at radius 2 is 1.22 bits per heavy atom. The Bertz CT molecular complexity index is 1000. The molecular formula is C33H48N2Ni. The fraction of sp³-hybridized carbons (Fsp3) is 0.515. The van der Waals surface area contributed by atoms with Crippen molar-refractivity contribution in [1.82, 2.24) is 0 Å². The summed E-state index contributed by atoms with van der Waals surface area (Å²) in [5, 5.41) is 2.56. The fourth-order valence-electron chi connectivity index (χ4n) is 4.50. The summed E-state index contributed by atoms with van der Waals surface area (Å²) < 4.78 is 1.44. The molecule has 0 N–H and O–H groups in total. The van der Waals surface area contributed by atoms with Gasteiger partial charge in [-0.15, -0.1) is 0 Å². The van der Waals surface area contributed by atoms with Gasteiger partial charge in [0.2, 0.25) is 11.4 Å². The van der Waals surface area contributed by atoms with Crippen LogP contribution in [0.25, 0.3) is 16.9 Å². The third-order valence-electron chi connectivity index (χ3n) is 6.48. The van der Waals surface area contributed by atoms with E-state index in [1.807, 2.05) is 14.4 Å². The van der Waals surface area contributed by atoms with Crippen molar-refractivity contribution < 1.29 is 19.1 Å². The maximum absolute atomic E-state index is 11.3. The standard InChI is InChI=1S/C29H38N2.2C2H5.Ni/c1-4-7-10-17-27-22-28(25-18-11-15-23(20-25)13-8-5-2)31(30)29(27)26-19-12-16-24(21-26)14-9-6-3;2*1-2;/h11-12,15-16,18-22H,4-10,13-14,17H2,1-3H3;2*1H2,2H3;. The van der Waals surface area contributed by atoms with Crippen molar-refractivity contribution in [1.29, 1.82) is 0 Å². The molecule has 200 valence electrons. The zero-order valence-electron chi connectivity index (χ0n) is 23.4. The Morgan fingerprint density at radius 1 is 0.667 bits per heavy atom. The average Bonchev–Trinajstić information content (AvgIpc) is 3.23. The summed E-state index contributed by atoms with van der Waals surface area (Å²) >= 11 is 1.82. The Labute approximate surface area is 227 Å². The van der Waals surface area contributed by atoms with Crippen LogP contribution in [0.5, 0.6) is 0 Å². The molecule has 36 heavy (non-hydrogen) atoms. The number of nitrogens with zero attached hydrogens (tertiary/aromatic N) is 2. The van der Waals surface area contributed by atoms with Crippen LogP contribution in [0.4, 0.5) is 0 Å². The second-order valence-electron chi connectivity index (χ2n) is 9.39. The molecule has 0 aromatic heterocycles. The van der Waals surface area contributed by atoms with Crippen molar-refractivity contribution in [2.45, 2.75) is 110 Å². The van der Waals surface area contributed by atoms with Crippen LogP contribution in [0.2, 0.25) is 10.8 Å². The molecule has 2 aromatic rings. The van der Waals surface area contributed by atoms with Crippen LogP contribution in [0.15, 0.2) is 60.2 Å². The van der Waals surface area contributed by atoms with Crippen molar-refractivity contribution in [3.8, 4) is 0 Å². The van der Waals surface area contributed by atoms with E-state index in [0.29, 0.717) is 0 Å². The summed E-state index contributed by atoms with van der Waals surface area (Å²) in [7, 11) is 0. The molecule has 0 aliphatic carbocycles. The molecule has 1 heterocycles.